The highest BCUT2D eigenvalue weighted by atomic mass is 35.5. The molecule has 1 aliphatic heterocycles. The lowest BCUT2D eigenvalue weighted by Crippen LogP contribution is -2.48. The van der Waals surface area contributed by atoms with Crippen LogP contribution >= 0.6 is 12.4 Å². The van der Waals surface area contributed by atoms with Crippen molar-refractivity contribution in [2.45, 2.75) is 44.2 Å². The minimum absolute atomic E-state index is 0. The van der Waals surface area contributed by atoms with Gasteiger partial charge >= 0.3 is 0 Å². The lowest BCUT2D eigenvalue weighted by atomic mass is 9.67. The summed E-state index contributed by atoms with van der Waals surface area (Å²) in [6, 6.07) is 21.3. The average molecular weight is 372 g/mol. The van der Waals surface area contributed by atoms with Crippen molar-refractivity contribution in [1.82, 2.24) is 4.90 Å². The SMILES string of the molecule is Cl.OC1(Cc2ccccc2)CC[C@@H]2CN(Cc3ccccc3)CC[C@@H]2C1. The van der Waals surface area contributed by atoms with E-state index in [0.717, 1.165) is 38.3 Å². The predicted octanol–water partition coefficient (Wildman–Crippen LogP) is 4.70. The number of aliphatic hydroxyl groups is 1. The maximum absolute atomic E-state index is 11.2. The molecule has 1 saturated carbocycles. The number of likely N-dealkylation sites (tertiary alicyclic amines) is 1. The van der Waals surface area contributed by atoms with Gasteiger partial charge in [0.25, 0.3) is 0 Å². The summed E-state index contributed by atoms with van der Waals surface area (Å²) < 4.78 is 0. The number of piperidine rings is 1. The third-order valence-electron chi connectivity index (χ3n) is 6.22. The second-order valence-corrected chi connectivity index (χ2v) is 8.16. The first kappa shape index (κ1) is 19.4. The summed E-state index contributed by atoms with van der Waals surface area (Å²) in [7, 11) is 0. The molecule has 0 radical (unpaired) electrons. The van der Waals surface area contributed by atoms with Gasteiger partial charge in [-0.05, 0) is 55.2 Å². The number of fused-ring (bicyclic) bond motifs is 1. The van der Waals surface area contributed by atoms with Crippen molar-refractivity contribution in [3.8, 4) is 0 Å². The van der Waals surface area contributed by atoms with Crippen molar-refractivity contribution < 1.29 is 5.11 Å². The van der Waals surface area contributed by atoms with Crippen LogP contribution in [0.2, 0.25) is 0 Å². The van der Waals surface area contributed by atoms with Gasteiger partial charge in [0.1, 0.15) is 0 Å². The van der Waals surface area contributed by atoms with Crippen LogP contribution in [-0.2, 0) is 13.0 Å². The largest absolute Gasteiger partial charge is 0.390 e. The van der Waals surface area contributed by atoms with Crippen LogP contribution in [0, 0.1) is 11.8 Å². The molecule has 2 nitrogen and oxygen atoms in total. The maximum Gasteiger partial charge on any atom is 0.0690 e. The fraction of sp³-hybridized carbons (Fsp3) is 0.478. The summed E-state index contributed by atoms with van der Waals surface area (Å²) in [6.07, 6.45) is 5.13. The molecule has 0 amide bonds. The van der Waals surface area contributed by atoms with Gasteiger partial charge in [0.2, 0.25) is 0 Å². The molecule has 1 N–H and O–H groups in total. The normalized spacial score (nSPS) is 28.8. The molecule has 0 aromatic heterocycles. The van der Waals surface area contributed by atoms with Crippen molar-refractivity contribution in [2.75, 3.05) is 13.1 Å². The fourth-order valence-electron chi connectivity index (χ4n) is 4.92. The van der Waals surface area contributed by atoms with E-state index in [4.69, 9.17) is 0 Å². The summed E-state index contributed by atoms with van der Waals surface area (Å²) in [5, 5.41) is 11.2. The molecule has 2 aromatic rings. The minimum Gasteiger partial charge on any atom is -0.390 e. The van der Waals surface area contributed by atoms with Crippen LogP contribution in [0.15, 0.2) is 60.7 Å². The molecule has 1 unspecified atom stereocenters. The number of benzene rings is 2. The van der Waals surface area contributed by atoms with Gasteiger partial charge in [-0.25, -0.2) is 0 Å². The van der Waals surface area contributed by atoms with E-state index in [1.807, 2.05) is 6.07 Å². The Kier molecular flexibility index (Phi) is 6.39. The molecular weight excluding hydrogens is 342 g/mol. The van der Waals surface area contributed by atoms with E-state index < -0.39 is 5.60 Å². The van der Waals surface area contributed by atoms with Gasteiger partial charge in [-0.15, -0.1) is 12.4 Å². The number of nitrogens with zero attached hydrogens (tertiary/aromatic N) is 1. The topological polar surface area (TPSA) is 23.5 Å². The van der Waals surface area contributed by atoms with Crippen LogP contribution < -0.4 is 0 Å². The highest BCUT2D eigenvalue weighted by Gasteiger charge is 2.41. The second-order valence-electron chi connectivity index (χ2n) is 8.16. The van der Waals surface area contributed by atoms with Gasteiger partial charge in [0.15, 0.2) is 0 Å². The molecule has 1 saturated heterocycles. The minimum atomic E-state index is -0.496. The zero-order valence-corrected chi connectivity index (χ0v) is 16.2. The molecule has 26 heavy (non-hydrogen) atoms. The lowest BCUT2D eigenvalue weighted by Gasteiger charge is -2.47. The van der Waals surface area contributed by atoms with Crippen molar-refractivity contribution >= 4 is 12.4 Å². The molecule has 2 aromatic carbocycles. The van der Waals surface area contributed by atoms with Gasteiger partial charge in [-0.3, -0.25) is 4.90 Å². The van der Waals surface area contributed by atoms with Crippen LogP contribution in [0.3, 0.4) is 0 Å². The van der Waals surface area contributed by atoms with E-state index in [-0.39, 0.29) is 12.4 Å². The molecule has 3 heteroatoms. The molecule has 1 heterocycles. The number of halogens is 1. The molecule has 2 fully saturated rings. The first-order valence-corrected chi connectivity index (χ1v) is 9.73. The summed E-state index contributed by atoms with van der Waals surface area (Å²) in [6.45, 7) is 3.43. The highest BCUT2D eigenvalue weighted by Crippen LogP contribution is 2.42. The van der Waals surface area contributed by atoms with Crippen molar-refractivity contribution in [1.29, 1.82) is 0 Å². The van der Waals surface area contributed by atoms with E-state index in [9.17, 15) is 5.11 Å². The Morgan fingerprint density at radius 1 is 0.885 bits per heavy atom. The van der Waals surface area contributed by atoms with Crippen molar-refractivity contribution in [2.24, 2.45) is 11.8 Å². The zero-order chi connectivity index (χ0) is 17.1. The molecule has 0 spiro atoms. The quantitative estimate of drug-likeness (QED) is 0.841. The first-order valence-electron chi connectivity index (χ1n) is 9.73. The molecule has 0 bridgehead atoms. The van der Waals surface area contributed by atoms with Gasteiger partial charge in [-0.1, -0.05) is 60.7 Å². The fourth-order valence-corrected chi connectivity index (χ4v) is 4.92. The molecule has 1 aliphatic carbocycles. The second kappa shape index (κ2) is 8.56. The van der Waals surface area contributed by atoms with Crippen LogP contribution in [0.4, 0.5) is 0 Å². The van der Waals surface area contributed by atoms with Crippen molar-refractivity contribution in [3.63, 3.8) is 0 Å². The van der Waals surface area contributed by atoms with Gasteiger partial charge in [-0.2, -0.15) is 0 Å². The smallest absolute Gasteiger partial charge is 0.0690 e. The van der Waals surface area contributed by atoms with Gasteiger partial charge in [0.05, 0.1) is 5.60 Å². The van der Waals surface area contributed by atoms with Crippen LogP contribution in [0.5, 0.6) is 0 Å². The third kappa shape index (κ3) is 4.68. The maximum atomic E-state index is 11.2. The summed E-state index contributed by atoms with van der Waals surface area (Å²) >= 11 is 0. The number of rotatable bonds is 4. The summed E-state index contributed by atoms with van der Waals surface area (Å²) in [4.78, 5) is 2.61. The first-order chi connectivity index (χ1) is 12.2. The summed E-state index contributed by atoms with van der Waals surface area (Å²) in [5.74, 6) is 1.45. The summed E-state index contributed by atoms with van der Waals surface area (Å²) in [5.41, 5.74) is 2.19. The van der Waals surface area contributed by atoms with Gasteiger partial charge in [0, 0.05) is 19.5 Å². The van der Waals surface area contributed by atoms with E-state index in [0.29, 0.717) is 5.92 Å². The average Bonchev–Trinajstić information content (AvgIpc) is 2.63. The Balaban J connectivity index is 0.00000196. The lowest BCUT2D eigenvalue weighted by molar-refractivity contribution is -0.0564. The standard InChI is InChI=1S/C23H29NO.ClH/c25-23(15-19-7-3-1-4-8-19)13-11-22-18-24(14-12-21(22)16-23)17-20-9-5-2-6-10-20;/h1-10,21-22,25H,11-18H2;1H/t21-,22-,23?;/m1./s1. The Labute approximate surface area is 163 Å². The van der Waals surface area contributed by atoms with Crippen molar-refractivity contribution in [3.05, 3.63) is 71.8 Å². The van der Waals surface area contributed by atoms with E-state index in [1.54, 1.807) is 0 Å². The van der Waals surface area contributed by atoms with Crippen LogP contribution in [0.1, 0.15) is 36.8 Å². The Hall–Kier alpha value is -1.35. The van der Waals surface area contributed by atoms with Gasteiger partial charge < -0.3 is 5.11 Å². The highest BCUT2D eigenvalue weighted by molar-refractivity contribution is 5.85. The monoisotopic (exact) mass is 371 g/mol. The van der Waals surface area contributed by atoms with E-state index in [2.05, 4.69) is 59.5 Å². The molecular formula is C23H30ClNO. The third-order valence-corrected chi connectivity index (χ3v) is 6.22. The van der Waals surface area contributed by atoms with Crippen LogP contribution in [0.25, 0.3) is 0 Å². The molecule has 2 aliphatic rings. The molecule has 3 atom stereocenters. The number of hydrogen-bond acceptors (Lipinski definition) is 2. The molecule has 140 valence electrons. The Bertz CT molecular complexity index is 677. The van der Waals surface area contributed by atoms with E-state index in [1.165, 1.54) is 30.5 Å². The molecule has 4 rings (SSSR count). The Morgan fingerprint density at radius 2 is 1.54 bits per heavy atom. The van der Waals surface area contributed by atoms with E-state index >= 15 is 0 Å². The van der Waals surface area contributed by atoms with Crippen LogP contribution in [-0.4, -0.2) is 28.7 Å². The number of hydrogen-bond donors (Lipinski definition) is 1. The predicted molar refractivity (Wildman–Crippen MR) is 110 cm³/mol. The zero-order valence-electron chi connectivity index (χ0n) is 15.4. The Morgan fingerprint density at radius 3 is 2.23 bits per heavy atom.